The number of benzene rings is 1. The number of nitrogens with zero attached hydrogens (tertiary/aromatic N) is 4. The average Bonchev–Trinajstić information content (AvgIpc) is 2.86. The minimum absolute atomic E-state index is 0.627. The number of rotatable bonds is 6. The normalized spacial score (nSPS) is 12.1. The first kappa shape index (κ1) is 15.9. The van der Waals surface area contributed by atoms with Gasteiger partial charge in [0.05, 0.1) is 6.54 Å². The van der Waals surface area contributed by atoms with Crippen molar-refractivity contribution in [3.63, 3.8) is 0 Å². The van der Waals surface area contributed by atoms with Crippen molar-refractivity contribution >= 4 is 11.4 Å². The van der Waals surface area contributed by atoms with Crippen molar-refractivity contribution in [1.29, 1.82) is 0 Å². The van der Waals surface area contributed by atoms with E-state index in [1.807, 2.05) is 49.7 Å². The van der Waals surface area contributed by atoms with Crippen LogP contribution in [0.25, 0.3) is 0 Å². The number of hydrogen-bond acceptors (Lipinski definition) is 4. The van der Waals surface area contributed by atoms with Gasteiger partial charge in [-0.3, -0.25) is 4.99 Å². The Morgan fingerprint density at radius 2 is 2.18 bits per heavy atom. The molecule has 1 aromatic carbocycles. The second-order valence-corrected chi connectivity index (χ2v) is 5.08. The fraction of sp³-hybridized carbons (Fsp3) is 0.353. The molecule has 0 saturated heterocycles. The van der Waals surface area contributed by atoms with Gasteiger partial charge in [-0.15, -0.1) is 10.2 Å². The lowest BCUT2D eigenvalue weighted by atomic mass is 10.2. The summed E-state index contributed by atoms with van der Waals surface area (Å²) >= 11 is 0. The minimum Gasteiger partial charge on any atom is -0.378 e. The summed E-state index contributed by atoms with van der Waals surface area (Å²) in [6, 6.07) is 8.28. The maximum absolute atomic E-state index is 4.47. The molecular weight excluding hydrogens is 274 g/mol. The maximum Gasteiger partial charge on any atom is 0.181 e. The number of aliphatic imine (C=N–C) groups is 1. The van der Waals surface area contributed by atoms with E-state index in [0.717, 1.165) is 29.6 Å². The highest BCUT2D eigenvalue weighted by Gasteiger charge is 2.12. The second kappa shape index (κ2) is 7.54. The molecule has 0 aliphatic carbocycles. The molecule has 0 spiro atoms. The Morgan fingerprint density at radius 1 is 1.36 bits per heavy atom. The van der Waals surface area contributed by atoms with E-state index in [1.165, 1.54) is 5.56 Å². The summed E-state index contributed by atoms with van der Waals surface area (Å²) in [4.78, 5) is 4.47. The molecule has 5 nitrogen and oxygen atoms in total. The Balaban J connectivity index is 2.15. The summed E-state index contributed by atoms with van der Waals surface area (Å²) in [5.41, 5.74) is 3.18. The highest BCUT2D eigenvalue weighted by atomic mass is 15.3. The van der Waals surface area contributed by atoms with E-state index >= 15 is 0 Å². The van der Waals surface area contributed by atoms with Gasteiger partial charge in [0.1, 0.15) is 5.71 Å². The van der Waals surface area contributed by atoms with E-state index in [1.54, 1.807) is 0 Å². The van der Waals surface area contributed by atoms with E-state index in [4.69, 9.17) is 0 Å². The van der Waals surface area contributed by atoms with Crippen LogP contribution in [0.3, 0.4) is 0 Å². The van der Waals surface area contributed by atoms with Crippen molar-refractivity contribution in [3.8, 4) is 0 Å². The van der Waals surface area contributed by atoms with Crippen LogP contribution in [0.15, 0.2) is 41.4 Å². The van der Waals surface area contributed by atoms with Gasteiger partial charge < -0.3 is 9.88 Å². The first-order valence-electron chi connectivity index (χ1n) is 7.52. The zero-order valence-electron chi connectivity index (χ0n) is 13.7. The van der Waals surface area contributed by atoms with Crippen LogP contribution < -0.4 is 5.32 Å². The summed E-state index contributed by atoms with van der Waals surface area (Å²) in [5.74, 6) is 1.67. The fourth-order valence-corrected chi connectivity index (χ4v) is 2.20. The van der Waals surface area contributed by atoms with E-state index in [-0.39, 0.29) is 0 Å². The largest absolute Gasteiger partial charge is 0.378 e. The van der Waals surface area contributed by atoms with Crippen molar-refractivity contribution in [2.45, 2.75) is 27.3 Å². The Kier molecular flexibility index (Phi) is 5.47. The lowest BCUT2D eigenvalue weighted by Crippen LogP contribution is -2.11. The lowest BCUT2D eigenvalue weighted by Gasteiger charge is -2.07. The van der Waals surface area contributed by atoms with Gasteiger partial charge in [0.25, 0.3) is 0 Å². The molecule has 0 aliphatic heterocycles. The van der Waals surface area contributed by atoms with Crippen molar-refractivity contribution < 1.29 is 0 Å². The molecule has 2 rings (SSSR count). The lowest BCUT2D eigenvalue weighted by molar-refractivity contribution is 0.806. The summed E-state index contributed by atoms with van der Waals surface area (Å²) in [6.45, 7) is 7.42. The molecule has 2 aromatic rings. The zero-order valence-corrected chi connectivity index (χ0v) is 13.7. The predicted molar refractivity (Wildman–Crippen MR) is 91.4 cm³/mol. The summed E-state index contributed by atoms with van der Waals surface area (Å²) < 4.78 is 1.98. The summed E-state index contributed by atoms with van der Waals surface area (Å²) in [5, 5.41) is 11.9. The molecule has 116 valence electrons. The Labute approximate surface area is 131 Å². The van der Waals surface area contributed by atoms with Crippen LogP contribution in [-0.2, 0) is 13.6 Å². The average molecular weight is 297 g/mol. The van der Waals surface area contributed by atoms with Gasteiger partial charge >= 0.3 is 0 Å². The quantitative estimate of drug-likeness (QED) is 0.833. The zero-order chi connectivity index (χ0) is 15.9. The molecule has 22 heavy (non-hydrogen) atoms. The van der Waals surface area contributed by atoms with Crippen LogP contribution in [0.2, 0.25) is 0 Å². The van der Waals surface area contributed by atoms with Crippen LogP contribution >= 0.6 is 0 Å². The number of aryl methyl sites for hydroxylation is 1. The molecule has 1 heterocycles. The Morgan fingerprint density at radius 3 is 2.86 bits per heavy atom. The third-order valence-corrected chi connectivity index (χ3v) is 3.32. The molecule has 0 aliphatic rings. The molecule has 0 bridgehead atoms. The molecule has 1 N–H and O–H groups in total. The van der Waals surface area contributed by atoms with Gasteiger partial charge in [0, 0.05) is 19.3 Å². The standard InChI is InChI=1S/C17H23N5/c1-5-8-15(18-6-2)17-21-20-16(22(17)4)12-19-14-10-7-9-13(3)11-14/h5,7-11,19H,6,12H2,1-4H3/b8-5-,18-15?. The van der Waals surface area contributed by atoms with Crippen molar-refractivity contribution in [2.24, 2.45) is 12.0 Å². The van der Waals surface area contributed by atoms with Gasteiger partial charge in [0.2, 0.25) is 0 Å². The van der Waals surface area contributed by atoms with Crippen LogP contribution in [-0.4, -0.2) is 27.0 Å². The molecule has 0 unspecified atom stereocenters. The number of nitrogens with one attached hydrogen (secondary N) is 1. The van der Waals surface area contributed by atoms with E-state index in [0.29, 0.717) is 6.54 Å². The molecule has 0 atom stereocenters. The van der Waals surface area contributed by atoms with E-state index < -0.39 is 0 Å². The van der Waals surface area contributed by atoms with Crippen LogP contribution in [0.4, 0.5) is 5.69 Å². The topological polar surface area (TPSA) is 55.1 Å². The molecule has 0 fully saturated rings. The van der Waals surface area contributed by atoms with Crippen molar-refractivity contribution in [1.82, 2.24) is 14.8 Å². The first-order valence-corrected chi connectivity index (χ1v) is 7.52. The van der Waals surface area contributed by atoms with Crippen molar-refractivity contribution in [2.75, 3.05) is 11.9 Å². The highest BCUT2D eigenvalue weighted by molar-refractivity contribution is 6.06. The van der Waals surface area contributed by atoms with Crippen LogP contribution in [0, 0.1) is 6.92 Å². The monoisotopic (exact) mass is 297 g/mol. The molecule has 0 amide bonds. The Bertz CT molecular complexity index is 682. The van der Waals surface area contributed by atoms with Gasteiger partial charge in [-0.05, 0) is 44.5 Å². The predicted octanol–water partition coefficient (Wildman–Crippen LogP) is 3.12. The molecule has 1 aromatic heterocycles. The summed E-state index contributed by atoms with van der Waals surface area (Å²) in [6.07, 6.45) is 3.93. The van der Waals surface area contributed by atoms with Crippen LogP contribution in [0.5, 0.6) is 0 Å². The summed E-state index contributed by atoms with van der Waals surface area (Å²) in [7, 11) is 1.97. The number of aromatic nitrogens is 3. The molecule has 0 radical (unpaired) electrons. The minimum atomic E-state index is 0.627. The van der Waals surface area contributed by atoms with E-state index in [9.17, 15) is 0 Å². The molecular formula is C17H23N5. The first-order chi connectivity index (χ1) is 10.7. The highest BCUT2D eigenvalue weighted by Crippen LogP contribution is 2.11. The van der Waals surface area contributed by atoms with Crippen molar-refractivity contribution in [3.05, 3.63) is 53.6 Å². The Hall–Kier alpha value is -2.43. The third kappa shape index (κ3) is 3.81. The maximum atomic E-state index is 4.47. The third-order valence-electron chi connectivity index (χ3n) is 3.32. The molecule has 0 saturated carbocycles. The SMILES string of the molecule is C/C=C\C(=NCC)c1nnc(CNc2cccc(C)c2)n1C. The van der Waals surface area contributed by atoms with Gasteiger partial charge in [-0.25, -0.2) is 0 Å². The van der Waals surface area contributed by atoms with Crippen LogP contribution in [0.1, 0.15) is 31.1 Å². The molecule has 5 heteroatoms. The number of allylic oxidation sites excluding steroid dienone is 2. The second-order valence-electron chi connectivity index (χ2n) is 5.08. The van der Waals surface area contributed by atoms with Gasteiger partial charge in [-0.2, -0.15) is 0 Å². The number of hydrogen-bond donors (Lipinski definition) is 1. The van der Waals surface area contributed by atoms with E-state index in [2.05, 4.69) is 39.6 Å². The van der Waals surface area contributed by atoms with Gasteiger partial charge in [-0.1, -0.05) is 18.2 Å². The van der Waals surface area contributed by atoms with Gasteiger partial charge in [0.15, 0.2) is 11.6 Å². The smallest absolute Gasteiger partial charge is 0.181 e. The number of anilines is 1. The fourth-order valence-electron chi connectivity index (χ4n) is 2.20.